The highest BCUT2D eigenvalue weighted by molar-refractivity contribution is 5.77. The van der Waals surface area contributed by atoms with Gasteiger partial charge in [-0.3, -0.25) is 4.68 Å². The number of nitrogens with zero attached hydrogens (tertiary/aromatic N) is 2. The van der Waals surface area contributed by atoms with Crippen molar-refractivity contribution in [2.45, 2.75) is 18.8 Å². The Morgan fingerprint density at radius 2 is 2.05 bits per heavy atom. The lowest BCUT2D eigenvalue weighted by molar-refractivity contribution is -0.137. The van der Waals surface area contributed by atoms with Crippen LogP contribution < -0.4 is 5.73 Å². The zero-order valence-corrected chi connectivity index (χ0v) is 10.8. The monoisotopic (exact) mass is 295 g/mol. The first-order chi connectivity index (χ1) is 9.93. The summed E-state index contributed by atoms with van der Waals surface area (Å²) in [6, 6.07) is 8.61. The van der Waals surface area contributed by atoms with E-state index in [1.54, 1.807) is 12.1 Å². The molecule has 1 aromatic carbocycles. The van der Waals surface area contributed by atoms with E-state index in [2.05, 4.69) is 5.10 Å². The average molecular weight is 295 g/mol. The number of nitrogens with two attached hydrogens (primary N) is 1. The standard InChI is InChI=1S/C14H12F3N3O/c15-14(16,17)10-6-19-20(7-10)8-11(18)13-5-9-3-1-2-4-12(9)21-13/h1-7,11H,8,18H2. The molecule has 0 radical (unpaired) electrons. The van der Waals surface area contributed by atoms with Gasteiger partial charge >= 0.3 is 6.18 Å². The van der Waals surface area contributed by atoms with Crippen LogP contribution in [0, 0.1) is 0 Å². The van der Waals surface area contributed by atoms with Crippen LogP contribution in [0.15, 0.2) is 47.1 Å². The Morgan fingerprint density at radius 1 is 1.29 bits per heavy atom. The number of benzene rings is 1. The Morgan fingerprint density at radius 3 is 2.71 bits per heavy atom. The highest BCUT2D eigenvalue weighted by Gasteiger charge is 2.32. The summed E-state index contributed by atoms with van der Waals surface area (Å²) in [5.41, 5.74) is 5.87. The van der Waals surface area contributed by atoms with E-state index in [-0.39, 0.29) is 6.54 Å². The SMILES string of the molecule is NC(Cn1cc(C(F)(F)F)cn1)c1cc2ccccc2o1. The quantitative estimate of drug-likeness (QED) is 0.806. The summed E-state index contributed by atoms with van der Waals surface area (Å²) in [6.07, 6.45) is -2.68. The maximum Gasteiger partial charge on any atom is 0.419 e. The fourth-order valence-corrected chi connectivity index (χ4v) is 2.09. The summed E-state index contributed by atoms with van der Waals surface area (Å²) < 4.78 is 44.2. The third-order valence-electron chi connectivity index (χ3n) is 3.15. The van der Waals surface area contributed by atoms with Gasteiger partial charge in [0.05, 0.1) is 24.3 Å². The molecule has 3 aromatic rings. The Hall–Kier alpha value is -2.28. The second-order valence-corrected chi connectivity index (χ2v) is 4.74. The van der Waals surface area contributed by atoms with E-state index in [1.165, 1.54) is 4.68 Å². The zero-order chi connectivity index (χ0) is 15.0. The molecule has 3 rings (SSSR count). The smallest absolute Gasteiger partial charge is 0.419 e. The molecule has 0 fully saturated rings. The minimum atomic E-state index is -4.40. The Labute approximate surface area is 118 Å². The maximum atomic E-state index is 12.5. The van der Waals surface area contributed by atoms with E-state index in [9.17, 15) is 13.2 Å². The lowest BCUT2D eigenvalue weighted by Crippen LogP contribution is -2.17. The molecule has 0 aliphatic carbocycles. The minimum absolute atomic E-state index is 0.107. The van der Waals surface area contributed by atoms with Gasteiger partial charge in [-0.15, -0.1) is 0 Å². The fraction of sp³-hybridized carbons (Fsp3) is 0.214. The third kappa shape index (κ3) is 2.78. The molecule has 4 nitrogen and oxygen atoms in total. The molecule has 0 aliphatic heterocycles. The first-order valence-corrected chi connectivity index (χ1v) is 6.27. The highest BCUT2D eigenvalue weighted by Crippen LogP contribution is 2.29. The van der Waals surface area contributed by atoms with Crippen LogP contribution in [0.4, 0.5) is 13.2 Å². The molecule has 0 aliphatic rings. The Bertz CT molecular complexity index is 727. The second kappa shape index (κ2) is 4.92. The van der Waals surface area contributed by atoms with Crippen molar-refractivity contribution in [3.05, 3.63) is 54.0 Å². The van der Waals surface area contributed by atoms with Crippen LogP contribution in [0.3, 0.4) is 0 Å². The summed E-state index contributed by atoms with van der Waals surface area (Å²) in [5.74, 6) is 0.514. The van der Waals surface area contributed by atoms with Crippen molar-refractivity contribution in [1.82, 2.24) is 9.78 Å². The first-order valence-electron chi connectivity index (χ1n) is 6.27. The predicted octanol–water partition coefficient (Wildman–Crippen LogP) is 3.35. The van der Waals surface area contributed by atoms with E-state index in [1.807, 2.05) is 18.2 Å². The zero-order valence-electron chi connectivity index (χ0n) is 10.8. The minimum Gasteiger partial charge on any atom is -0.459 e. The van der Waals surface area contributed by atoms with E-state index < -0.39 is 17.8 Å². The highest BCUT2D eigenvalue weighted by atomic mass is 19.4. The van der Waals surface area contributed by atoms with Crippen LogP contribution in [0.25, 0.3) is 11.0 Å². The van der Waals surface area contributed by atoms with Crippen molar-refractivity contribution in [2.24, 2.45) is 5.73 Å². The van der Waals surface area contributed by atoms with Gasteiger partial charge in [0, 0.05) is 11.6 Å². The van der Waals surface area contributed by atoms with E-state index in [0.29, 0.717) is 11.3 Å². The molecule has 0 saturated carbocycles. The number of furan rings is 1. The van der Waals surface area contributed by atoms with Gasteiger partial charge in [-0.1, -0.05) is 18.2 Å². The molecular formula is C14H12F3N3O. The molecule has 2 N–H and O–H groups in total. The number of hydrogen-bond acceptors (Lipinski definition) is 3. The summed E-state index contributed by atoms with van der Waals surface area (Å²) in [4.78, 5) is 0. The summed E-state index contributed by atoms with van der Waals surface area (Å²) in [5, 5.41) is 4.58. The van der Waals surface area contributed by atoms with Crippen LogP contribution >= 0.6 is 0 Å². The number of hydrogen-bond donors (Lipinski definition) is 1. The van der Waals surface area contributed by atoms with E-state index >= 15 is 0 Å². The van der Waals surface area contributed by atoms with Crippen LogP contribution in [0.5, 0.6) is 0 Å². The lowest BCUT2D eigenvalue weighted by Gasteiger charge is -2.08. The van der Waals surface area contributed by atoms with Crippen molar-refractivity contribution < 1.29 is 17.6 Å². The molecule has 1 unspecified atom stereocenters. The van der Waals surface area contributed by atoms with Gasteiger partial charge in [-0.25, -0.2) is 0 Å². The third-order valence-corrected chi connectivity index (χ3v) is 3.15. The molecule has 0 bridgehead atoms. The molecule has 110 valence electrons. The molecule has 21 heavy (non-hydrogen) atoms. The normalized spacial score (nSPS) is 13.7. The maximum absolute atomic E-state index is 12.5. The number of halogens is 3. The van der Waals surface area contributed by atoms with Crippen LogP contribution in [0.1, 0.15) is 17.4 Å². The van der Waals surface area contributed by atoms with Gasteiger partial charge in [0.1, 0.15) is 11.3 Å². The van der Waals surface area contributed by atoms with Gasteiger partial charge < -0.3 is 10.2 Å². The second-order valence-electron chi connectivity index (χ2n) is 4.74. The molecule has 2 heterocycles. The first kappa shape index (κ1) is 13.7. The van der Waals surface area contributed by atoms with Gasteiger partial charge in [0.15, 0.2) is 0 Å². The van der Waals surface area contributed by atoms with Crippen molar-refractivity contribution in [3.63, 3.8) is 0 Å². The molecular weight excluding hydrogens is 283 g/mol. The summed E-state index contributed by atoms with van der Waals surface area (Å²) in [6.45, 7) is 0.107. The Balaban J connectivity index is 1.79. The van der Waals surface area contributed by atoms with E-state index in [0.717, 1.165) is 17.8 Å². The Kier molecular flexibility index (Phi) is 3.21. The molecule has 7 heteroatoms. The topological polar surface area (TPSA) is 57.0 Å². The summed E-state index contributed by atoms with van der Waals surface area (Å²) >= 11 is 0. The van der Waals surface area contributed by atoms with Crippen LogP contribution in [0.2, 0.25) is 0 Å². The van der Waals surface area contributed by atoms with E-state index in [4.69, 9.17) is 10.2 Å². The van der Waals surface area contributed by atoms with Crippen molar-refractivity contribution >= 4 is 11.0 Å². The van der Waals surface area contributed by atoms with Gasteiger partial charge in [-0.2, -0.15) is 18.3 Å². The van der Waals surface area contributed by atoms with Crippen molar-refractivity contribution in [2.75, 3.05) is 0 Å². The number of aromatic nitrogens is 2. The lowest BCUT2D eigenvalue weighted by atomic mass is 10.2. The summed E-state index contributed by atoms with van der Waals surface area (Å²) in [7, 11) is 0. The fourth-order valence-electron chi connectivity index (χ4n) is 2.09. The van der Waals surface area contributed by atoms with Gasteiger partial charge in [0.25, 0.3) is 0 Å². The number of fused-ring (bicyclic) bond motifs is 1. The van der Waals surface area contributed by atoms with Crippen LogP contribution in [-0.2, 0) is 12.7 Å². The molecule has 0 spiro atoms. The average Bonchev–Trinajstić information content (AvgIpc) is 3.03. The number of para-hydroxylation sites is 1. The predicted molar refractivity (Wildman–Crippen MR) is 70.4 cm³/mol. The van der Waals surface area contributed by atoms with Crippen molar-refractivity contribution in [1.29, 1.82) is 0 Å². The van der Waals surface area contributed by atoms with Gasteiger partial charge in [-0.05, 0) is 12.1 Å². The van der Waals surface area contributed by atoms with Gasteiger partial charge in [0.2, 0.25) is 0 Å². The molecule has 1 atom stereocenters. The van der Waals surface area contributed by atoms with Crippen LogP contribution in [-0.4, -0.2) is 9.78 Å². The van der Waals surface area contributed by atoms with Crippen molar-refractivity contribution in [3.8, 4) is 0 Å². The molecule has 0 saturated heterocycles. The number of rotatable bonds is 3. The largest absolute Gasteiger partial charge is 0.459 e. The number of alkyl halides is 3. The molecule has 0 amide bonds. The molecule has 2 aromatic heterocycles.